The fourth-order valence-electron chi connectivity index (χ4n) is 4.87. The number of nitrogens with one attached hydrogen (secondary N) is 1. The number of sulfonamides is 1. The van der Waals surface area contributed by atoms with Gasteiger partial charge in [-0.1, -0.05) is 72.3 Å². The van der Waals surface area contributed by atoms with Gasteiger partial charge in [-0.05, 0) is 54.4 Å². The molecular weight excluding hydrogens is 578 g/mol. The van der Waals surface area contributed by atoms with Gasteiger partial charge in [-0.2, -0.15) is 0 Å². The van der Waals surface area contributed by atoms with E-state index in [1.54, 1.807) is 61.7 Å². The van der Waals surface area contributed by atoms with Crippen molar-refractivity contribution < 1.29 is 27.5 Å². The van der Waals surface area contributed by atoms with Crippen molar-refractivity contribution >= 4 is 27.5 Å². The topological polar surface area (TPSA) is 105 Å². The number of nitrogens with zero attached hydrogens (tertiary/aromatic N) is 2. The summed E-state index contributed by atoms with van der Waals surface area (Å²) in [6.45, 7) is 1.31. The second kappa shape index (κ2) is 14.6. The number of methoxy groups -OCH3 is 2. The molecule has 0 aliphatic heterocycles. The van der Waals surface area contributed by atoms with Crippen molar-refractivity contribution in [3.63, 3.8) is 0 Å². The summed E-state index contributed by atoms with van der Waals surface area (Å²) in [6.07, 6.45) is 0.218. The van der Waals surface area contributed by atoms with Gasteiger partial charge in [0.15, 0.2) is 0 Å². The lowest BCUT2D eigenvalue weighted by Crippen LogP contribution is -2.53. The molecule has 0 spiro atoms. The maximum atomic E-state index is 14.4. The van der Waals surface area contributed by atoms with Gasteiger partial charge in [-0.25, -0.2) is 8.42 Å². The van der Waals surface area contributed by atoms with Crippen LogP contribution in [0.2, 0.25) is 0 Å². The maximum Gasteiger partial charge on any atom is 0.264 e. The second-order valence-electron chi connectivity index (χ2n) is 10.2. The summed E-state index contributed by atoms with van der Waals surface area (Å²) in [7, 11) is 0.257. The highest BCUT2D eigenvalue weighted by Crippen LogP contribution is 2.33. The lowest BCUT2D eigenvalue weighted by atomic mass is 10.0. The highest BCUT2D eigenvalue weighted by atomic mass is 32.2. The highest BCUT2D eigenvalue weighted by Gasteiger charge is 2.35. The molecule has 4 aromatic rings. The Bertz CT molecular complexity index is 1680. The van der Waals surface area contributed by atoms with E-state index in [4.69, 9.17) is 9.47 Å². The summed E-state index contributed by atoms with van der Waals surface area (Å²) < 4.78 is 40.3. The molecular formula is C34H37N3O6S. The van der Waals surface area contributed by atoms with Crippen LogP contribution < -0.4 is 19.1 Å². The molecule has 1 unspecified atom stereocenters. The SMILES string of the molecule is CNC(=O)C(Cc1ccccc1)N(Cc1cccc(OC)c1)C(=O)CN(c1ccccc1OC)S(=O)(=O)c1ccc(C)cc1. The Kier molecular flexibility index (Phi) is 10.6. The number of hydrogen-bond donors (Lipinski definition) is 1. The third kappa shape index (κ3) is 7.57. The van der Waals surface area contributed by atoms with Crippen LogP contribution in [-0.4, -0.2) is 59.0 Å². The summed E-state index contributed by atoms with van der Waals surface area (Å²) in [5.74, 6) is -0.0798. The normalized spacial score (nSPS) is 11.7. The fraction of sp³-hybridized carbons (Fsp3) is 0.235. The Morgan fingerprint density at radius 3 is 2.14 bits per heavy atom. The van der Waals surface area contributed by atoms with Crippen molar-refractivity contribution in [2.24, 2.45) is 0 Å². The molecule has 44 heavy (non-hydrogen) atoms. The summed E-state index contributed by atoms with van der Waals surface area (Å²) in [5, 5.41) is 2.68. The number of para-hydroxylation sites is 2. The van der Waals surface area contributed by atoms with Crippen molar-refractivity contribution in [2.45, 2.75) is 30.8 Å². The molecule has 4 rings (SSSR count). The van der Waals surface area contributed by atoms with Crippen LogP contribution in [0.3, 0.4) is 0 Å². The minimum absolute atomic E-state index is 0.0216. The zero-order valence-electron chi connectivity index (χ0n) is 25.3. The van der Waals surface area contributed by atoms with Gasteiger partial charge in [-0.3, -0.25) is 13.9 Å². The van der Waals surface area contributed by atoms with Crippen molar-refractivity contribution in [3.8, 4) is 11.5 Å². The summed E-state index contributed by atoms with van der Waals surface area (Å²) in [4.78, 5) is 29.3. The van der Waals surface area contributed by atoms with Gasteiger partial charge in [-0.15, -0.1) is 0 Å². The first-order chi connectivity index (χ1) is 21.2. The number of benzene rings is 4. The number of carbonyl (C=O) groups is 2. The Balaban J connectivity index is 1.82. The number of amides is 2. The Morgan fingerprint density at radius 2 is 1.48 bits per heavy atom. The average molecular weight is 616 g/mol. The quantitative estimate of drug-likeness (QED) is 0.236. The molecule has 230 valence electrons. The predicted molar refractivity (Wildman–Crippen MR) is 170 cm³/mol. The smallest absolute Gasteiger partial charge is 0.264 e. The zero-order valence-corrected chi connectivity index (χ0v) is 26.1. The van der Waals surface area contributed by atoms with E-state index >= 15 is 0 Å². The molecule has 9 nitrogen and oxygen atoms in total. The maximum absolute atomic E-state index is 14.4. The van der Waals surface area contributed by atoms with Gasteiger partial charge in [0.1, 0.15) is 24.1 Å². The molecule has 2 amide bonds. The molecule has 1 atom stereocenters. The molecule has 0 aliphatic rings. The van der Waals surface area contributed by atoms with E-state index in [2.05, 4.69) is 5.32 Å². The van der Waals surface area contributed by atoms with E-state index in [0.717, 1.165) is 15.4 Å². The summed E-state index contributed by atoms with van der Waals surface area (Å²) in [5.41, 5.74) is 2.65. The number of aryl methyl sites for hydroxylation is 1. The number of ether oxygens (including phenoxy) is 2. The van der Waals surface area contributed by atoms with Gasteiger partial charge in [0.25, 0.3) is 10.0 Å². The van der Waals surface area contributed by atoms with E-state index in [-0.39, 0.29) is 35.2 Å². The number of anilines is 1. The lowest BCUT2D eigenvalue weighted by Gasteiger charge is -2.34. The van der Waals surface area contributed by atoms with E-state index < -0.39 is 28.5 Å². The van der Waals surface area contributed by atoms with Crippen LogP contribution in [0.1, 0.15) is 16.7 Å². The predicted octanol–water partition coefficient (Wildman–Crippen LogP) is 4.59. The molecule has 0 aliphatic carbocycles. The first-order valence-electron chi connectivity index (χ1n) is 14.1. The van der Waals surface area contributed by atoms with Crippen LogP contribution in [0.5, 0.6) is 11.5 Å². The standard InChI is InChI=1S/C34H37N3O6S/c1-25-17-19-29(20-18-25)44(40,41)37(30-15-8-9-16-32(30)43-4)24-33(38)36(23-27-13-10-14-28(21-27)42-3)31(34(39)35-2)22-26-11-6-5-7-12-26/h5-21,31H,22-24H2,1-4H3,(H,35,39). The van der Waals surface area contributed by atoms with Crippen LogP contribution >= 0.6 is 0 Å². The van der Waals surface area contributed by atoms with Crippen molar-refractivity contribution in [1.29, 1.82) is 0 Å². The Labute approximate surface area is 259 Å². The summed E-state index contributed by atoms with van der Waals surface area (Å²) in [6, 6.07) is 28.6. The minimum atomic E-state index is -4.24. The second-order valence-corrected chi connectivity index (χ2v) is 12.1. The molecule has 0 heterocycles. The number of likely N-dealkylation sites (N-methyl/N-ethyl adjacent to an activating group) is 1. The van der Waals surface area contributed by atoms with Crippen LogP contribution in [0.4, 0.5) is 5.69 Å². The largest absolute Gasteiger partial charge is 0.497 e. The molecule has 0 aromatic heterocycles. The van der Waals surface area contributed by atoms with Gasteiger partial charge in [0.05, 0.1) is 24.8 Å². The van der Waals surface area contributed by atoms with Crippen molar-refractivity contribution in [2.75, 3.05) is 32.1 Å². The van der Waals surface area contributed by atoms with E-state index in [0.29, 0.717) is 11.3 Å². The van der Waals surface area contributed by atoms with Crippen molar-refractivity contribution in [1.82, 2.24) is 10.2 Å². The van der Waals surface area contributed by atoms with Gasteiger partial charge in [0.2, 0.25) is 11.8 Å². The fourth-order valence-corrected chi connectivity index (χ4v) is 6.30. The van der Waals surface area contributed by atoms with E-state index in [1.165, 1.54) is 31.2 Å². The van der Waals surface area contributed by atoms with Gasteiger partial charge >= 0.3 is 0 Å². The molecule has 10 heteroatoms. The monoisotopic (exact) mass is 615 g/mol. The number of carbonyl (C=O) groups excluding carboxylic acids is 2. The summed E-state index contributed by atoms with van der Waals surface area (Å²) >= 11 is 0. The van der Waals surface area contributed by atoms with Gasteiger partial charge < -0.3 is 19.7 Å². The molecule has 0 saturated carbocycles. The molecule has 0 radical (unpaired) electrons. The molecule has 0 saturated heterocycles. The lowest BCUT2D eigenvalue weighted by molar-refractivity contribution is -0.139. The van der Waals surface area contributed by atoms with Crippen LogP contribution in [-0.2, 0) is 32.6 Å². The zero-order chi connectivity index (χ0) is 31.7. The molecule has 4 aromatic carbocycles. The van der Waals surface area contributed by atoms with Crippen LogP contribution in [0.25, 0.3) is 0 Å². The Hall–Kier alpha value is -4.83. The van der Waals surface area contributed by atoms with Crippen LogP contribution in [0.15, 0.2) is 108 Å². The number of hydrogen-bond acceptors (Lipinski definition) is 6. The molecule has 1 N–H and O–H groups in total. The third-order valence-corrected chi connectivity index (χ3v) is 9.02. The van der Waals surface area contributed by atoms with E-state index in [9.17, 15) is 18.0 Å². The number of rotatable bonds is 13. The van der Waals surface area contributed by atoms with Crippen LogP contribution in [0, 0.1) is 6.92 Å². The van der Waals surface area contributed by atoms with E-state index in [1.807, 2.05) is 43.3 Å². The third-order valence-electron chi connectivity index (χ3n) is 7.25. The first-order valence-corrected chi connectivity index (χ1v) is 15.5. The molecule has 0 fully saturated rings. The Morgan fingerprint density at radius 1 is 0.818 bits per heavy atom. The average Bonchev–Trinajstić information content (AvgIpc) is 3.05. The molecule has 0 bridgehead atoms. The highest BCUT2D eigenvalue weighted by molar-refractivity contribution is 7.92. The minimum Gasteiger partial charge on any atom is -0.497 e. The first kappa shape index (κ1) is 32.1. The van der Waals surface area contributed by atoms with Gasteiger partial charge in [0, 0.05) is 20.0 Å². The van der Waals surface area contributed by atoms with Crippen molar-refractivity contribution in [3.05, 3.63) is 120 Å².